The molecule has 1 atom stereocenters. The zero-order valence-corrected chi connectivity index (χ0v) is 21.2. The molecule has 4 aromatic rings. The number of anilines is 1. The Balaban J connectivity index is 1.26. The smallest absolute Gasteiger partial charge is 0.274 e. The van der Waals surface area contributed by atoms with E-state index in [1.165, 1.54) is 12.8 Å². The fraction of sp³-hybridized carbons (Fsp3) is 0.370. The fourth-order valence-corrected chi connectivity index (χ4v) is 6.82. The van der Waals surface area contributed by atoms with Crippen LogP contribution in [-0.2, 0) is 0 Å². The van der Waals surface area contributed by atoms with E-state index < -0.39 is 0 Å². The van der Waals surface area contributed by atoms with E-state index in [2.05, 4.69) is 9.88 Å². The number of aryl methyl sites for hydroxylation is 1. The van der Waals surface area contributed by atoms with Crippen LogP contribution in [0.3, 0.4) is 0 Å². The summed E-state index contributed by atoms with van der Waals surface area (Å²) in [6.45, 7) is 6.43. The van der Waals surface area contributed by atoms with E-state index >= 15 is 0 Å². The molecule has 4 heterocycles. The number of aromatic amines is 1. The van der Waals surface area contributed by atoms with Crippen LogP contribution in [0.4, 0.5) is 5.69 Å². The van der Waals surface area contributed by atoms with Gasteiger partial charge in [-0.1, -0.05) is 0 Å². The van der Waals surface area contributed by atoms with Crippen LogP contribution in [-0.4, -0.2) is 59.6 Å². The first kappa shape index (κ1) is 22.7. The molecule has 0 bridgehead atoms. The Hall–Kier alpha value is -2.74. The highest BCUT2D eigenvalue weighted by molar-refractivity contribution is 7.19. The highest BCUT2D eigenvalue weighted by atomic mass is 35.5. The summed E-state index contributed by atoms with van der Waals surface area (Å²) in [6, 6.07) is 11.5. The molecule has 6 rings (SSSR count). The van der Waals surface area contributed by atoms with Gasteiger partial charge < -0.3 is 19.7 Å². The van der Waals surface area contributed by atoms with Crippen LogP contribution in [0.2, 0.25) is 0 Å². The van der Waals surface area contributed by atoms with Crippen LogP contribution < -0.4 is 9.64 Å². The second kappa shape index (κ2) is 9.04. The largest absolute Gasteiger partial charge is 0.507 e. The lowest BCUT2D eigenvalue weighted by atomic mass is 10.0. The maximum atomic E-state index is 13.6. The number of amides is 1. The Bertz CT molecular complexity index is 1420. The number of nitrogens with one attached hydrogen (secondary N) is 1. The maximum absolute atomic E-state index is 13.6. The van der Waals surface area contributed by atoms with Gasteiger partial charge in [0.15, 0.2) is 0 Å². The number of likely N-dealkylation sites (tertiary alicyclic amines) is 1. The van der Waals surface area contributed by atoms with E-state index in [1.807, 2.05) is 37.3 Å². The van der Waals surface area contributed by atoms with Gasteiger partial charge in [0.05, 0.1) is 5.69 Å². The Morgan fingerprint density at radius 3 is 2.86 bits per heavy atom. The summed E-state index contributed by atoms with van der Waals surface area (Å²) in [7, 11) is 0. The zero-order valence-electron chi connectivity index (χ0n) is 19.6. The summed E-state index contributed by atoms with van der Waals surface area (Å²) in [5.41, 5.74) is 3.21. The van der Waals surface area contributed by atoms with E-state index in [-0.39, 0.29) is 17.6 Å². The topological polar surface area (TPSA) is 68.8 Å². The minimum atomic E-state index is -0.126. The van der Waals surface area contributed by atoms with Gasteiger partial charge in [-0.05, 0) is 63.2 Å². The number of hydrogen-bond donors (Lipinski definition) is 2. The van der Waals surface area contributed by atoms with E-state index in [4.69, 9.17) is 16.3 Å². The highest BCUT2D eigenvalue weighted by Gasteiger charge is 2.36. The molecular weight excluding hydrogens is 482 g/mol. The van der Waals surface area contributed by atoms with Gasteiger partial charge in [0.25, 0.3) is 5.91 Å². The molecule has 182 valence electrons. The molecule has 2 aromatic heterocycles. The lowest BCUT2D eigenvalue weighted by molar-refractivity contribution is 0.0984. The number of carbonyl (C=O) groups is 1. The van der Waals surface area contributed by atoms with E-state index in [0.29, 0.717) is 24.7 Å². The second-order valence-electron chi connectivity index (χ2n) is 9.52. The normalized spacial score (nSPS) is 18.1. The fourth-order valence-electron chi connectivity index (χ4n) is 5.41. The first-order chi connectivity index (χ1) is 17.0. The summed E-state index contributed by atoms with van der Waals surface area (Å²) in [6.07, 6.45) is 2.55. The second-order valence-corrected chi connectivity index (χ2v) is 11.1. The molecule has 2 aliphatic rings. The van der Waals surface area contributed by atoms with Gasteiger partial charge in [-0.25, -0.2) is 0 Å². The lowest BCUT2D eigenvalue weighted by Gasteiger charge is -2.17. The number of phenolic OH excluding ortho intramolecular Hbond substituents is 1. The minimum absolute atomic E-state index is 0.0248. The standard InChI is InChI=1S/C27H28ClN3O3S/c1-16-10-20-24(32)13-23-25(26(20)35-16)18(14-28)15-31(23)27(33)22-12-17-11-19(4-5-21(17)29-22)34-9-8-30-6-2-3-7-30/h4-5,10-13,18,29,32H,2-3,6-9,14-15H2,1H3. The predicted octanol–water partition coefficient (Wildman–Crippen LogP) is 5.85. The number of alkyl halides is 1. The number of carbonyl (C=O) groups excluding carboxylic acids is 1. The molecule has 1 amide bonds. The number of aromatic hydroxyl groups is 1. The van der Waals surface area contributed by atoms with Crippen LogP contribution in [0.5, 0.6) is 11.5 Å². The number of thiophene rings is 1. The first-order valence-electron chi connectivity index (χ1n) is 12.1. The van der Waals surface area contributed by atoms with Crippen molar-refractivity contribution in [3.8, 4) is 11.5 Å². The number of hydrogen-bond acceptors (Lipinski definition) is 5. The molecule has 1 saturated heterocycles. The quantitative estimate of drug-likeness (QED) is 0.320. The average Bonchev–Trinajstić information content (AvgIpc) is 3.63. The molecule has 2 N–H and O–H groups in total. The third-order valence-corrected chi connectivity index (χ3v) is 8.61. The van der Waals surface area contributed by atoms with Gasteiger partial charge in [0.2, 0.25) is 0 Å². The van der Waals surface area contributed by atoms with E-state index in [9.17, 15) is 9.90 Å². The van der Waals surface area contributed by atoms with E-state index in [1.54, 1.807) is 22.3 Å². The Morgan fingerprint density at radius 1 is 1.23 bits per heavy atom. The molecule has 35 heavy (non-hydrogen) atoms. The van der Waals surface area contributed by atoms with Gasteiger partial charge >= 0.3 is 0 Å². The average molecular weight is 510 g/mol. The van der Waals surface area contributed by atoms with Crippen LogP contribution in [0.1, 0.15) is 39.7 Å². The molecular formula is C27H28ClN3O3S. The third-order valence-electron chi connectivity index (χ3n) is 7.16. The first-order valence-corrected chi connectivity index (χ1v) is 13.5. The molecule has 0 spiro atoms. The van der Waals surface area contributed by atoms with Gasteiger partial charge in [-0.3, -0.25) is 9.69 Å². The molecule has 1 fully saturated rings. The number of benzene rings is 2. The van der Waals surface area contributed by atoms with Crippen molar-refractivity contribution in [3.63, 3.8) is 0 Å². The van der Waals surface area contributed by atoms with Crippen LogP contribution in [0.25, 0.3) is 21.0 Å². The highest BCUT2D eigenvalue weighted by Crippen LogP contribution is 2.48. The molecule has 1 unspecified atom stereocenters. The molecule has 0 saturated carbocycles. The van der Waals surface area contributed by atoms with Gasteiger partial charge in [0, 0.05) is 62.4 Å². The molecule has 2 aliphatic heterocycles. The van der Waals surface area contributed by atoms with Crippen molar-refractivity contribution in [2.75, 3.05) is 43.6 Å². The van der Waals surface area contributed by atoms with Gasteiger partial charge in [0.1, 0.15) is 23.8 Å². The number of rotatable bonds is 6. The minimum Gasteiger partial charge on any atom is -0.507 e. The van der Waals surface area contributed by atoms with Gasteiger partial charge in [-0.15, -0.1) is 22.9 Å². The van der Waals surface area contributed by atoms with Crippen LogP contribution in [0, 0.1) is 6.92 Å². The van der Waals surface area contributed by atoms with Crippen molar-refractivity contribution in [2.24, 2.45) is 0 Å². The Kier molecular flexibility index (Phi) is 5.87. The number of nitrogens with zero attached hydrogens (tertiary/aromatic N) is 2. The molecule has 6 nitrogen and oxygen atoms in total. The van der Waals surface area contributed by atoms with Crippen molar-refractivity contribution in [3.05, 3.63) is 52.5 Å². The van der Waals surface area contributed by atoms with Crippen molar-refractivity contribution in [1.82, 2.24) is 9.88 Å². The number of phenols is 1. The summed E-state index contributed by atoms with van der Waals surface area (Å²) in [4.78, 5) is 22.2. The van der Waals surface area contributed by atoms with Crippen molar-refractivity contribution in [2.45, 2.75) is 25.7 Å². The number of fused-ring (bicyclic) bond motifs is 4. The molecule has 8 heteroatoms. The lowest BCUT2D eigenvalue weighted by Crippen LogP contribution is -2.30. The third kappa shape index (κ3) is 4.05. The van der Waals surface area contributed by atoms with Gasteiger partial charge in [-0.2, -0.15) is 0 Å². The van der Waals surface area contributed by atoms with Crippen LogP contribution in [0.15, 0.2) is 36.4 Å². The number of aromatic nitrogens is 1. The maximum Gasteiger partial charge on any atom is 0.274 e. The summed E-state index contributed by atoms with van der Waals surface area (Å²) < 4.78 is 7.00. The SMILES string of the molecule is Cc1cc2c(O)cc3c(c2s1)C(CCl)CN3C(=O)c1cc2cc(OCCN3CCCC3)ccc2[nH]1. The zero-order chi connectivity index (χ0) is 24.1. The predicted molar refractivity (Wildman–Crippen MR) is 143 cm³/mol. The van der Waals surface area contributed by atoms with Crippen molar-refractivity contribution < 1.29 is 14.6 Å². The Morgan fingerprint density at radius 2 is 2.06 bits per heavy atom. The number of H-pyrrole nitrogens is 1. The number of halogens is 1. The van der Waals surface area contributed by atoms with Crippen molar-refractivity contribution in [1.29, 1.82) is 0 Å². The molecule has 0 radical (unpaired) electrons. The summed E-state index contributed by atoms with van der Waals surface area (Å²) in [5.74, 6) is 1.32. The van der Waals surface area contributed by atoms with E-state index in [0.717, 1.165) is 62.5 Å². The van der Waals surface area contributed by atoms with Crippen LogP contribution >= 0.6 is 22.9 Å². The summed E-state index contributed by atoms with van der Waals surface area (Å²) >= 11 is 7.98. The summed E-state index contributed by atoms with van der Waals surface area (Å²) in [5, 5.41) is 12.4. The number of ether oxygens (including phenoxy) is 1. The van der Waals surface area contributed by atoms with Crippen molar-refractivity contribution >= 4 is 55.5 Å². The Labute approximate surface area is 213 Å². The molecule has 0 aliphatic carbocycles. The monoisotopic (exact) mass is 509 g/mol. The molecule has 2 aromatic carbocycles.